The van der Waals surface area contributed by atoms with Crippen molar-refractivity contribution in [3.05, 3.63) is 83.4 Å². The van der Waals surface area contributed by atoms with Gasteiger partial charge in [-0.1, -0.05) is 61.4 Å². The Kier molecular flexibility index (Phi) is 20.1. The molecular weight excluding hydrogens is 767 g/mol. The number of carboxylic acid groups (broad SMARTS) is 1. The number of nitrogens with zero attached hydrogens (tertiary/aromatic N) is 1. The number of hydrogen-bond acceptors (Lipinski definition) is 10. The first-order valence-electron chi connectivity index (χ1n) is 16.7. The number of aliphatic hydroxyl groups is 1. The van der Waals surface area contributed by atoms with E-state index in [1.165, 1.54) is 54.6 Å². The molecule has 2 aromatic carbocycles. The minimum Gasteiger partial charge on any atom is -0.481 e. The van der Waals surface area contributed by atoms with Crippen molar-refractivity contribution >= 4 is 69.8 Å². The van der Waals surface area contributed by atoms with Crippen molar-refractivity contribution in [3.63, 3.8) is 0 Å². The number of halogens is 2. The Morgan fingerprint density at radius 1 is 0.963 bits per heavy atom. The van der Waals surface area contributed by atoms with E-state index < -0.39 is 71.2 Å². The van der Waals surface area contributed by atoms with Crippen molar-refractivity contribution in [1.29, 1.82) is 0 Å². The van der Waals surface area contributed by atoms with Gasteiger partial charge < -0.3 is 25.2 Å². The monoisotopic (exact) mass is 809 g/mol. The van der Waals surface area contributed by atoms with Gasteiger partial charge >= 0.3 is 40.3 Å². The molecule has 1 aliphatic heterocycles. The zero-order chi connectivity index (χ0) is 39.0. The summed E-state index contributed by atoms with van der Waals surface area (Å²) >= 11 is 0. The number of unbranched alkanes of at least 4 members (excludes halogenated alkanes) is 3. The van der Waals surface area contributed by atoms with E-state index in [0.717, 1.165) is 6.08 Å². The number of esters is 1. The van der Waals surface area contributed by atoms with Gasteiger partial charge in [-0.3, -0.25) is 19.2 Å². The number of hydrogen-bond donors (Lipinski definition) is 5. The van der Waals surface area contributed by atoms with Crippen LogP contribution in [0.4, 0.5) is 8.78 Å². The molecule has 3 rings (SSSR count). The van der Waals surface area contributed by atoms with Gasteiger partial charge in [-0.2, -0.15) is 8.78 Å². The topological polar surface area (TPSA) is 226 Å². The van der Waals surface area contributed by atoms with Crippen molar-refractivity contribution in [2.45, 2.75) is 88.2 Å². The van der Waals surface area contributed by atoms with E-state index in [-0.39, 0.29) is 72.4 Å². The SMILES string of the molecule is O=C(O)CCCCCCN1C(=O)CC[C@@H]1/C=C/[C@@H](OC(=O)Cc1ccc(C(=O)NCCCC(O)(O[P+](=O)O)O[P+](=O)O)cc1)C(F)(F)c1ccccc1.[Na]. The maximum atomic E-state index is 15.8. The number of benzene rings is 2. The molecule has 20 heteroatoms. The molecule has 15 nitrogen and oxygen atoms in total. The summed E-state index contributed by atoms with van der Waals surface area (Å²) in [5.41, 5.74) is 0.119. The summed E-state index contributed by atoms with van der Waals surface area (Å²) in [5, 5.41) is 21.3. The number of alkyl halides is 2. The summed E-state index contributed by atoms with van der Waals surface area (Å²) in [6.07, 6.45) is 2.71. The van der Waals surface area contributed by atoms with E-state index in [9.17, 15) is 33.4 Å². The largest absolute Gasteiger partial charge is 0.700 e. The smallest absolute Gasteiger partial charge is 0.481 e. The molecule has 1 radical (unpaired) electrons. The molecular formula is C34H42F2N2NaO13P2+2. The van der Waals surface area contributed by atoms with Gasteiger partial charge in [0.15, 0.2) is 6.10 Å². The molecule has 0 saturated carbocycles. The Morgan fingerprint density at radius 3 is 2.20 bits per heavy atom. The Bertz CT molecular complexity index is 1600. The van der Waals surface area contributed by atoms with Gasteiger partial charge in [-0.05, 0) is 58.5 Å². The Balaban J connectivity index is 0.0000101. The average Bonchev–Trinajstić information content (AvgIpc) is 3.44. The summed E-state index contributed by atoms with van der Waals surface area (Å²) in [5.74, 6) is -9.03. The van der Waals surface area contributed by atoms with Crippen LogP contribution < -0.4 is 5.32 Å². The molecule has 2 aromatic rings. The van der Waals surface area contributed by atoms with Crippen molar-refractivity contribution in [3.8, 4) is 0 Å². The van der Waals surface area contributed by atoms with E-state index in [0.29, 0.717) is 44.2 Å². The molecule has 4 atom stereocenters. The van der Waals surface area contributed by atoms with E-state index in [2.05, 4.69) is 14.4 Å². The average molecular weight is 810 g/mol. The van der Waals surface area contributed by atoms with E-state index in [1.54, 1.807) is 11.0 Å². The number of aliphatic carboxylic acids is 1. The molecule has 289 valence electrons. The third-order valence-corrected chi connectivity index (χ3v) is 9.04. The van der Waals surface area contributed by atoms with E-state index in [1.807, 2.05) is 0 Å². The normalized spacial score (nSPS) is 16.6. The fourth-order valence-electron chi connectivity index (χ4n) is 5.54. The minimum atomic E-state index is -3.63. The molecule has 0 aromatic heterocycles. The fraction of sp³-hybridized carbons (Fsp3) is 0.471. The van der Waals surface area contributed by atoms with Crippen LogP contribution in [0.2, 0.25) is 0 Å². The van der Waals surface area contributed by atoms with Crippen molar-refractivity contribution in [2.75, 3.05) is 13.1 Å². The van der Waals surface area contributed by atoms with Crippen LogP contribution in [0.5, 0.6) is 0 Å². The van der Waals surface area contributed by atoms with Crippen molar-refractivity contribution < 1.29 is 70.9 Å². The van der Waals surface area contributed by atoms with Crippen molar-refractivity contribution in [2.24, 2.45) is 0 Å². The molecule has 2 unspecified atom stereocenters. The van der Waals surface area contributed by atoms with Crippen LogP contribution in [0.1, 0.15) is 79.3 Å². The van der Waals surface area contributed by atoms with Crippen LogP contribution in [-0.2, 0) is 49.6 Å². The molecule has 5 N–H and O–H groups in total. The van der Waals surface area contributed by atoms with Crippen LogP contribution in [0.15, 0.2) is 66.7 Å². The van der Waals surface area contributed by atoms with Gasteiger partial charge in [0.05, 0.1) is 12.5 Å². The number of nitrogens with one attached hydrogen (secondary N) is 1. The Morgan fingerprint density at radius 2 is 1.59 bits per heavy atom. The zero-order valence-corrected chi connectivity index (χ0v) is 33.3. The fourth-order valence-corrected chi connectivity index (χ4v) is 6.34. The van der Waals surface area contributed by atoms with Crippen LogP contribution in [-0.4, -0.2) is 109 Å². The number of carbonyl (C=O) groups is 4. The van der Waals surface area contributed by atoms with Crippen LogP contribution >= 0.6 is 16.5 Å². The van der Waals surface area contributed by atoms with Gasteiger partial charge in [0.1, 0.15) is 0 Å². The number of amides is 2. The van der Waals surface area contributed by atoms with Gasteiger partial charge in [0.25, 0.3) is 5.91 Å². The minimum absolute atomic E-state index is 0. The predicted molar refractivity (Wildman–Crippen MR) is 189 cm³/mol. The van der Waals surface area contributed by atoms with Gasteiger partial charge in [0, 0.05) is 82.2 Å². The Hall–Kier alpha value is -3.08. The molecule has 1 fully saturated rings. The maximum Gasteiger partial charge on any atom is 0.700 e. The third kappa shape index (κ3) is 16.0. The summed E-state index contributed by atoms with van der Waals surface area (Å²) in [6.45, 7) is 0.266. The van der Waals surface area contributed by atoms with Crippen molar-refractivity contribution in [1.82, 2.24) is 10.2 Å². The van der Waals surface area contributed by atoms with Gasteiger partial charge in [-0.15, -0.1) is 9.79 Å². The second kappa shape index (κ2) is 23.1. The molecule has 1 aliphatic rings. The molecule has 0 bridgehead atoms. The summed E-state index contributed by atoms with van der Waals surface area (Å²) in [6, 6.07) is 12.0. The van der Waals surface area contributed by atoms with E-state index in [4.69, 9.17) is 19.6 Å². The first-order valence-corrected chi connectivity index (χ1v) is 19.0. The number of likely N-dealkylation sites (tertiary alicyclic amines) is 1. The summed E-state index contributed by atoms with van der Waals surface area (Å²) < 4.78 is 67.3. The quantitative estimate of drug-likeness (QED) is 0.0258. The number of ether oxygens (including phenoxy) is 1. The summed E-state index contributed by atoms with van der Waals surface area (Å²) in [7, 11) is -6.77. The standard InChI is InChI=1S/C34H40F2N2O13P2.Na/c35-34(36,26-9-4-3-5-10-26)28(18-16-27-17-19-29(39)38(27)22-7-2-1-6-11-30(40)41)49-31(42)23-24-12-14-25(15-13-24)32(43)37-21-8-20-33(44,50-52(45)46)51-53(47)48;/h3-5,9-10,12-16,18,27-28,44H,1-2,6-8,11,17,19-23H2,(H2-2,37,40,41,43,45,46,47,48);/p+2/b18-16+;/t27-,28+;/m0./s1. The number of carbonyl (C=O) groups excluding carboxylic acids is 3. The molecule has 2 amide bonds. The molecule has 54 heavy (non-hydrogen) atoms. The first-order chi connectivity index (χ1) is 25.1. The van der Waals surface area contributed by atoms with Crippen LogP contribution in [0, 0.1) is 0 Å². The first kappa shape index (κ1) is 47.1. The molecule has 1 heterocycles. The molecule has 1 saturated heterocycles. The second-order valence-electron chi connectivity index (χ2n) is 12.1. The number of rotatable bonds is 23. The molecule has 0 aliphatic carbocycles. The van der Waals surface area contributed by atoms with Gasteiger partial charge in [-0.25, -0.2) is 0 Å². The van der Waals surface area contributed by atoms with Crippen LogP contribution in [0.3, 0.4) is 0 Å². The van der Waals surface area contributed by atoms with Crippen LogP contribution in [0.25, 0.3) is 0 Å². The maximum absolute atomic E-state index is 15.8. The molecule has 0 spiro atoms. The summed E-state index contributed by atoms with van der Waals surface area (Å²) in [4.78, 5) is 68.1. The van der Waals surface area contributed by atoms with E-state index >= 15 is 8.78 Å². The zero-order valence-electron chi connectivity index (χ0n) is 29.6. The predicted octanol–water partition coefficient (Wildman–Crippen LogP) is 4.62. The second-order valence-corrected chi connectivity index (χ2v) is 13.5. The Labute approximate surface area is 334 Å². The van der Waals surface area contributed by atoms with Gasteiger partial charge in [0.2, 0.25) is 5.91 Å². The number of carboxylic acids is 1. The third-order valence-electron chi connectivity index (χ3n) is 8.16.